The number of fused-ring (bicyclic) bond motifs is 6. The molecule has 1 spiro atoms. The molecule has 3 aromatic carbocycles. The molecule has 0 saturated heterocycles. The molecule has 29 heavy (non-hydrogen) atoms. The van der Waals surface area contributed by atoms with Gasteiger partial charge < -0.3 is 9.47 Å². The molecule has 3 heteroatoms. The standard InChI is InChI=1S/C26H24O3/c1-16(2)15-28-20-9-11-23-19(14-20)13-18-12-17(3)8-10-22(18)26(23)24-7-5-4-6-21(24)25(27)29-26/h4-12,14,16H,13,15H2,1-3H3. The first kappa shape index (κ1) is 18.0. The maximum absolute atomic E-state index is 12.8. The predicted octanol–water partition coefficient (Wildman–Crippen LogP) is 5.40. The molecule has 0 radical (unpaired) electrons. The molecule has 5 rings (SSSR count). The Bertz CT molecular complexity index is 1130. The van der Waals surface area contributed by atoms with E-state index >= 15 is 0 Å². The third kappa shape index (κ3) is 2.68. The summed E-state index contributed by atoms with van der Waals surface area (Å²) in [4.78, 5) is 12.8. The number of benzene rings is 3. The second-order valence-corrected chi connectivity index (χ2v) is 8.48. The Kier molecular flexibility index (Phi) is 4.02. The van der Waals surface area contributed by atoms with Crippen molar-refractivity contribution in [3.05, 3.63) is 99.6 Å². The number of rotatable bonds is 3. The Labute approximate surface area is 171 Å². The minimum atomic E-state index is -0.888. The molecule has 1 atom stereocenters. The Hall–Kier alpha value is -3.07. The van der Waals surface area contributed by atoms with Crippen LogP contribution in [0, 0.1) is 12.8 Å². The molecular formula is C26H24O3. The average molecular weight is 384 g/mol. The van der Waals surface area contributed by atoms with Crippen LogP contribution in [-0.4, -0.2) is 12.6 Å². The summed E-state index contributed by atoms with van der Waals surface area (Å²) in [5.74, 6) is 1.06. The third-order valence-corrected chi connectivity index (χ3v) is 5.83. The largest absolute Gasteiger partial charge is 0.493 e. The van der Waals surface area contributed by atoms with Gasteiger partial charge in [-0.25, -0.2) is 4.79 Å². The molecule has 0 N–H and O–H groups in total. The van der Waals surface area contributed by atoms with Crippen molar-refractivity contribution in [2.75, 3.05) is 6.61 Å². The van der Waals surface area contributed by atoms with Gasteiger partial charge in [-0.05, 0) is 48.6 Å². The second kappa shape index (κ2) is 6.48. The first-order chi connectivity index (χ1) is 14.0. The Balaban J connectivity index is 1.74. The molecule has 2 aliphatic rings. The van der Waals surface area contributed by atoms with Crippen molar-refractivity contribution in [1.82, 2.24) is 0 Å². The minimum Gasteiger partial charge on any atom is -0.493 e. The first-order valence-electron chi connectivity index (χ1n) is 10.2. The van der Waals surface area contributed by atoms with Crippen molar-refractivity contribution in [3.8, 4) is 5.75 Å². The fraction of sp³-hybridized carbons (Fsp3) is 0.269. The first-order valence-corrected chi connectivity index (χ1v) is 10.2. The summed E-state index contributed by atoms with van der Waals surface area (Å²) in [6, 6.07) is 20.3. The summed E-state index contributed by atoms with van der Waals surface area (Å²) >= 11 is 0. The zero-order valence-corrected chi connectivity index (χ0v) is 17.0. The van der Waals surface area contributed by atoms with Gasteiger partial charge in [-0.1, -0.05) is 61.9 Å². The molecule has 146 valence electrons. The van der Waals surface area contributed by atoms with Crippen LogP contribution in [0.3, 0.4) is 0 Å². The quantitative estimate of drug-likeness (QED) is 0.568. The maximum Gasteiger partial charge on any atom is 0.340 e. The van der Waals surface area contributed by atoms with Crippen LogP contribution < -0.4 is 4.74 Å². The number of aryl methyl sites for hydroxylation is 1. The van der Waals surface area contributed by atoms with E-state index in [1.165, 1.54) is 11.1 Å². The summed E-state index contributed by atoms with van der Waals surface area (Å²) in [7, 11) is 0. The number of esters is 1. The van der Waals surface area contributed by atoms with E-state index in [2.05, 4.69) is 51.1 Å². The number of carbonyl (C=O) groups is 1. The van der Waals surface area contributed by atoms with E-state index < -0.39 is 5.60 Å². The highest BCUT2D eigenvalue weighted by Crippen LogP contribution is 2.52. The lowest BCUT2D eigenvalue weighted by Crippen LogP contribution is -2.35. The van der Waals surface area contributed by atoms with Crippen LogP contribution in [0.4, 0.5) is 0 Å². The fourth-order valence-electron chi connectivity index (χ4n) is 4.59. The molecule has 1 unspecified atom stereocenters. The van der Waals surface area contributed by atoms with Gasteiger partial charge in [0.25, 0.3) is 0 Å². The van der Waals surface area contributed by atoms with E-state index in [0.717, 1.165) is 34.4 Å². The van der Waals surface area contributed by atoms with Crippen LogP contribution in [0.2, 0.25) is 0 Å². The maximum atomic E-state index is 12.8. The predicted molar refractivity (Wildman–Crippen MR) is 112 cm³/mol. The molecule has 1 aliphatic carbocycles. The summed E-state index contributed by atoms with van der Waals surface area (Å²) in [6.45, 7) is 7.05. The third-order valence-electron chi connectivity index (χ3n) is 5.83. The van der Waals surface area contributed by atoms with Crippen molar-refractivity contribution in [2.45, 2.75) is 32.8 Å². The molecule has 3 nitrogen and oxygen atoms in total. The Morgan fingerprint density at radius 3 is 2.48 bits per heavy atom. The summed E-state index contributed by atoms with van der Waals surface area (Å²) in [5.41, 5.74) is 6.32. The van der Waals surface area contributed by atoms with Gasteiger partial charge in [-0.2, -0.15) is 0 Å². The van der Waals surface area contributed by atoms with Gasteiger partial charge >= 0.3 is 5.97 Å². The number of ether oxygens (including phenoxy) is 2. The summed E-state index contributed by atoms with van der Waals surface area (Å²) in [6.07, 6.45) is 0.798. The molecule has 0 fully saturated rings. The van der Waals surface area contributed by atoms with Crippen molar-refractivity contribution in [3.63, 3.8) is 0 Å². The van der Waals surface area contributed by atoms with Crippen LogP contribution >= 0.6 is 0 Å². The number of hydrogen-bond acceptors (Lipinski definition) is 3. The zero-order valence-electron chi connectivity index (χ0n) is 17.0. The van der Waals surface area contributed by atoms with Gasteiger partial charge in [0, 0.05) is 16.7 Å². The minimum absolute atomic E-state index is 0.264. The monoisotopic (exact) mass is 384 g/mol. The van der Waals surface area contributed by atoms with Gasteiger partial charge in [-0.15, -0.1) is 0 Å². The molecule has 0 amide bonds. The van der Waals surface area contributed by atoms with E-state index in [1.807, 2.05) is 30.3 Å². The Morgan fingerprint density at radius 1 is 0.966 bits per heavy atom. The highest BCUT2D eigenvalue weighted by molar-refractivity contribution is 5.96. The average Bonchev–Trinajstić information content (AvgIpc) is 2.99. The van der Waals surface area contributed by atoms with Crippen LogP contribution in [0.1, 0.15) is 57.6 Å². The van der Waals surface area contributed by atoms with E-state index in [0.29, 0.717) is 18.1 Å². The highest BCUT2D eigenvalue weighted by atomic mass is 16.6. The van der Waals surface area contributed by atoms with Gasteiger partial charge in [0.05, 0.1) is 12.2 Å². The van der Waals surface area contributed by atoms with Crippen molar-refractivity contribution in [2.24, 2.45) is 5.92 Å². The SMILES string of the molecule is Cc1ccc2c(c1)Cc1cc(OCC(C)C)ccc1C21OC(=O)c2ccccc21. The second-order valence-electron chi connectivity index (χ2n) is 8.48. The highest BCUT2D eigenvalue weighted by Gasteiger charge is 2.52. The summed E-state index contributed by atoms with van der Waals surface area (Å²) in [5, 5.41) is 0. The fourth-order valence-corrected chi connectivity index (χ4v) is 4.59. The van der Waals surface area contributed by atoms with Crippen molar-refractivity contribution < 1.29 is 14.3 Å². The van der Waals surface area contributed by atoms with E-state index in [-0.39, 0.29) is 5.97 Å². The lowest BCUT2D eigenvalue weighted by molar-refractivity contribution is 0.0240. The smallest absolute Gasteiger partial charge is 0.340 e. The molecular weight excluding hydrogens is 360 g/mol. The van der Waals surface area contributed by atoms with Gasteiger partial charge in [0.1, 0.15) is 5.75 Å². The van der Waals surface area contributed by atoms with Crippen molar-refractivity contribution >= 4 is 5.97 Å². The molecule has 3 aromatic rings. The lowest BCUT2D eigenvalue weighted by Gasteiger charge is -2.37. The number of hydrogen-bond donors (Lipinski definition) is 0. The van der Waals surface area contributed by atoms with Crippen LogP contribution in [0.5, 0.6) is 5.75 Å². The van der Waals surface area contributed by atoms with Crippen molar-refractivity contribution in [1.29, 1.82) is 0 Å². The van der Waals surface area contributed by atoms with Crippen LogP contribution in [-0.2, 0) is 16.8 Å². The van der Waals surface area contributed by atoms with Crippen LogP contribution in [0.15, 0.2) is 60.7 Å². The molecule has 0 bridgehead atoms. The lowest BCUT2D eigenvalue weighted by atomic mass is 9.71. The summed E-state index contributed by atoms with van der Waals surface area (Å²) < 4.78 is 12.2. The van der Waals surface area contributed by atoms with Gasteiger partial charge in [0.15, 0.2) is 5.60 Å². The topological polar surface area (TPSA) is 35.5 Å². The van der Waals surface area contributed by atoms with E-state index in [4.69, 9.17) is 9.47 Å². The normalized spacial score (nSPS) is 19.0. The van der Waals surface area contributed by atoms with E-state index in [9.17, 15) is 4.79 Å². The molecule has 0 aromatic heterocycles. The molecule has 1 heterocycles. The molecule has 0 saturated carbocycles. The van der Waals surface area contributed by atoms with Gasteiger partial charge in [0.2, 0.25) is 0 Å². The zero-order chi connectivity index (χ0) is 20.2. The van der Waals surface area contributed by atoms with E-state index in [1.54, 1.807) is 0 Å². The van der Waals surface area contributed by atoms with Gasteiger partial charge in [-0.3, -0.25) is 0 Å². The Morgan fingerprint density at radius 2 is 1.69 bits per heavy atom. The van der Waals surface area contributed by atoms with Crippen LogP contribution in [0.25, 0.3) is 0 Å². The molecule has 1 aliphatic heterocycles. The number of carbonyl (C=O) groups excluding carboxylic acids is 1.